The van der Waals surface area contributed by atoms with Crippen LogP contribution >= 0.6 is 0 Å². The highest BCUT2D eigenvalue weighted by atomic mass is 16.6. The average molecular weight is 1150 g/mol. The number of unbranched alkanes of at least 4 members (excludes halogenated alkanes) is 43. The molecule has 6 heteroatoms. The number of ether oxygens (including phenoxy) is 3. The molecule has 0 saturated carbocycles. The zero-order valence-electron chi connectivity index (χ0n) is 54.8. The number of rotatable bonds is 66. The lowest BCUT2D eigenvalue weighted by Gasteiger charge is -2.18. The molecule has 0 saturated heterocycles. The molecule has 0 bridgehead atoms. The van der Waals surface area contributed by atoms with Crippen molar-refractivity contribution < 1.29 is 28.6 Å². The lowest BCUT2D eigenvalue weighted by Crippen LogP contribution is -2.30. The lowest BCUT2D eigenvalue weighted by atomic mass is 10.0. The van der Waals surface area contributed by atoms with Crippen molar-refractivity contribution in [2.24, 2.45) is 0 Å². The Hall–Kier alpha value is -3.15. The van der Waals surface area contributed by atoms with Gasteiger partial charge >= 0.3 is 17.9 Å². The van der Waals surface area contributed by atoms with Crippen molar-refractivity contribution in [2.75, 3.05) is 13.2 Å². The fourth-order valence-electron chi connectivity index (χ4n) is 10.6. The first-order valence-electron chi connectivity index (χ1n) is 35.9. The van der Waals surface area contributed by atoms with Gasteiger partial charge in [0.25, 0.3) is 0 Å². The Balaban J connectivity index is 4.33. The predicted molar refractivity (Wildman–Crippen MR) is 358 cm³/mol. The molecule has 0 spiro atoms. The van der Waals surface area contributed by atoms with Crippen LogP contribution in [0.25, 0.3) is 0 Å². The van der Waals surface area contributed by atoms with Gasteiger partial charge in [-0.25, -0.2) is 0 Å². The molecule has 6 nitrogen and oxygen atoms in total. The third-order valence-corrected chi connectivity index (χ3v) is 15.9. The highest BCUT2D eigenvalue weighted by Gasteiger charge is 2.19. The predicted octanol–water partition coefficient (Wildman–Crippen LogP) is 24.8. The SMILES string of the molecule is CC/C=C\C/C=C\C/C=C\C/C=C\CCCCCCCCCCCCCCC(=O)OCC(COC(=O)CCCCCCCCCCCCCCCCCCCC)OC(=O)CCCCCCCCCCC/C=C\C/C=C\CCCCCCC. The first-order valence-corrected chi connectivity index (χ1v) is 35.9. The van der Waals surface area contributed by atoms with E-state index in [9.17, 15) is 14.4 Å². The molecule has 476 valence electrons. The van der Waals surface area contributed by atoms with E-state index in [2.05, 4.69) is 93.7 Å². The fourth-order valence-corrected chi connectivity index (χ4v) is 10.6. The van der Waals surface area contributed by atoms with E-state index < -0.39 is 6.10 Å². The van der Waals surface area contributed by atoms with Crippen LogP contribution in [0.15, 0.2) is 72.9 Å². The van der Waals surface area contributed by atoms with Crippen molar-refractivity contribution in [3.05, 3.63) is 72.9 Å². The highest BCUT2D eigenvalue weighted by molar-refractivity contribution is 5.71. The summed E-state index contributed by atoms with van der Waals surface area (Å²) >= 11 is 0. The van der Waals surface area contributed by atoms with Gasteiger partial charge in [0, 0.05) is 19.3 Å². The van der Waals surface area contributed by atoms with E-state index in [0.29, 0.717) is 19.3 Å². The molecule has 0 aromatic rings. The molecule has 0 aliphatic rings. The van der Waals surface area contributed by atoms with Crippen molar-refractivity contribution in [2.45, 2.75) is 380 Å². The van der Waals surface area contributed by atoms with Gasteiger partial charge in [0.15, 0.2) is 6.10 Å². The maximum atomic E-state index is 13.0. The molecular weight excluding hydrogens is 1010 g/mol. The Morgan fingerprint density at radius 2 is 0.476 bits per heavy atom. The maximum Gasteiger partial charge on any atom is 0.306 e. The first kappa shape index (κ1) is 78.8. The number of carbonyl (C=O) groups is 3. The minimum atomic E-state index is -0.779. The van der Waals surface area contributed by atoms with E-state index in [4.69, 9.17) is 14.2 Å². The smallest absolute Gasteiger partial charge is 0.306 e. The highest BCUT2D eigenvalue weighted by Crippen LogP contribution is 2.18. The van der Waals surface area contributed by atoms with Gasteiger partial charge in [0.1, 0.15) is 13.2 Å². The van der Waals surface area contributed by atoms with E-state index in [1.807, 2.05) is 0 Å². The molecule has 0 radical (unpaired) electrons. The summed E-state index contributed by atoms with van der Waals surface area (Å²) < 4.78 is 17.0. The Labute approximate surface area is 510 Å². The molecule has 0 N–H and O–H groups in total. The van der Waals surface area contributed by atoms with Crippen molar-refractivity contribution in [1.82, 2.24) is 0 Å². The second-order valence-corrected chi connectivity index (χ2v) is 24.1. The normalized spacial score (nSPS) is 12.5. The summed E-state index contributed by atoms with van der Waals surface area (Å²) in [6, 6.07) is 0. The lowest BCUT2D eigenvalue weighted by molar-refractivity contribution is -0.167. The minimum absolute atomic E-state index is 0.0729. The summed E-state index contributed by atoms with van der Waals surface area (Å²) in [5, 5.41) is 0. The quantitative estimate of drug-likeness (QED) is 0.0261. The Kier molecular flexibility index (Phi) is 67.6. The van der Waals surface area contributed by atoms with Crippen LogP contribution in [0.3, 0.4) is 0 Å². The first-order chi connectivity index (χ1) is 40.5. The van der Waals surface area contributed by atoms with Crippen LogP contribution in [0.2, 0.25) is 0 Å². The maximum absolute atomic E-state index is 13.0. The summed E-state index contributed by atoms with van der Waals surface area (Å²) in [5.41, 5.74) is 0. The Morgan fingerprint density at radius 1 is 0.256 bits per heavy atom. The molecule has 1 unspecified atom stereocenters. The van der Waals surface area contributed by atoms with Crippen molar-refractivity contribution >= 4 is 17.9 Å². The number of allylic oxidation sites excluding steroid dienone is 12. The van der Waals surface area contributed by atoms with Gasteiger partial charge < -0.3 is 14.2 Å². The van der Waals surface area contributed by atoms with Gasteiger partial charge in [-0.05, 0) is 89.9 Å². The van der Waals surface area contributed by atoms with Gasteiger partial charge in [-0.15, -0.1) is 0 Å². The second-order valence-electron chi connectivity index (χ2n) is 24.1. The topological polar surface area (TPSA) is 78.9 Å². The molecule has 0 fully saturated rings. The average Bonchev–Trinajstić information content (AvgIpc) is 3.47. The van der Waals surface area contributed by atoms with E-state index >= 15 is 0 Å². The van der Waals surface area contributed by atoms with Crippen molar-refractivity contribution in [3.63, 3.8) is 0 Å². The van der Waals surface area contributed by atoms with Gasteiger partial charge in [-0.1, -0.05) is 338 Å². The third kappa shape index (κ3) is 67.6. The summed E-state index contributed by atoms with van der Waals surface area (Å²) in [6.45, 7) is 6.58. The molecule has 0 amide bonds. The second kappa shape index (κ2) is 70.3. The van der Waals surface area contributed by atoms with Gasteiger partial charge in [0.2, 0.25) is 0 Å². The van der Waals surface area contributed by atoms with E-state index in [-0.39, 0.29) is 31.1 Å². The van der Waals surface area contributed by atoms with Crippen LogP contribution in [0.1, 0.15) is 374 Å². The van der Waals surface area contributed by atoms with Gasteiger partial charge in [-0.3, -0.25) is 14.4 Å². The third-order valence-electron chi connectivity index (χ3n) is 15.9. The largest absolute Gasteiger partial charge is 0.462 e. The molecule has 0 aromatic heterocycles. The van der Waals surface area contributed by atoms with Crippen molar-refractivity contribution in [1.29, 1.82) is 0 Å². The summed E-state index contributed by atoms with van der Waals surface area (Å²) in [5.74, 6) is -0.854. The van der Waals surface area contributed by atoms with Crippen LogP contribution in [0.4, 0.5) is 0 Å². The molecule has 0 aromatic carbocycles. The van der Waals surface area contributed by atoms with Gasteiger partial charge in [0.05, 0.1) is 0 Å². The number of hydrogen-bond donors (Lipinski definition) is 0. The van der Waals surface area contributed by atoms with Gasteiger partial charge in [-0.2, -0.15) is 0 Å². The molecular formula is C76H136O6. The fraction of sp³-hybridized carbons (Fsp3) is 0.803. The standard InChI is InChI=1S/C76H136O6/c1-4-7-10-13-16-19-22-25-28-31-34-36-37-38-39-41-42-45-48-51-54-57-60-63-66-69-75(78)81-72-73(71-80-74(77)68-65-62-59-56-53-50-47-44-33-30-27-24-21-18-15-12-9-6-3)82-76(79)70-67-64-61-58-55-52-49-46-43-40-35-32-29-26-23-20-17-14-11-8-5-2/h7,10,16,19,23,25-26,28,32,34-36,73H,4-6,8-9,11-15,17-18,20-22,24,27,29-31,33,37-72H2,1-3H3/b10-7-,19-16-,26-23-,28-25-,35-32-,36-34-. The van der Waals surface area contributed by atoms with E-state index in [1.54, 1.807) is 0 Å². The molecule has 0 heterocycles. The zero-order chi connectivity index (χ0) is 59.2. The summed E-state index contributed by atoms with van der Waals surface area (Å²) in [6.07, 6.45) is 92.1. The Morgan fingerprint density at radius 3 is 0.744 bits per heavy atom. The number of esters is 3. The van der Waals surface area contributed by atoms with Crippen LogP contribution in [0, 0.1) is 0 Å². The monoisotopic (exact) mass is 1150 g/mol. The summed E-state index contributed by atoms with van der Waals surface area (Å²) in [4.78, 5) is 38.5. The molecule has 1 atom stereocenters. The molecule has 0 aliphatic carbocycles. The van der Waals surface area contributed by atoms with E-state index in [0.717, 1.165) is 89.9 Å². The molecule has 0 rings (SSSR count). The number of hydrogen-bond acceptors (Lipinski definition) is 6. The van der Waals surface area contributed by atoms with Crippen LogP contribution in [0.5, 0.6) is 0 Å². The van der Waals surface area contributed by atoms with E-state index in [1.165, 1.54) is 244 Å². The minimum Gasteiger partial charge on any atom is -0.462 e. The zero-order valence-corrected chi connectivity index (χ0v) is 54.8. The van der Waals surface area contributed by atoms with Crippen LogP contribution < -0.4 is 0 Å². The number of carbonyl (C=O) groups excluding carboxylic acids is 3. The summed E-state index contributed by atoms with van der Waals surface area (Å²) in [7, 11) is 0. The van der Waals surface area contributed by atoms with Crippen molar-refractivity contribution in [3.8, 4) is 0 Å². The Bertz CT molecular complexity index is 1500. The molecule has 0 aliphatic heterocycles. The molecule has 82 heavy (non-hydrogen) atoms. The van der Waals surface area contributed by atoms with Crippen LogP contribution in [-0.2, 0) is 28.6 Å². The van der Waals surface area contributed by atoms with Crippen LogP contribution in [-0.4, -0.2) is 37.2 Å².